The van der Waals surface area contributed by atoms with E-state index in [9.17, 15) is 28.1 Å². The van der Waals surface area contributed by atoms with Crippen molar-refractivity contribution in [1.82, 2.24) is 10.2 Å². The van der Waals surface area contributed by atoms with Crippen LogP contribution in [0.1, 0.15) is 26.3 Å². The molecule has 0 radical (unpaired) electrons. The van der Waals surface area contributed by atoms with E-state index in [-0.39, 0.29) is 29.7 Å². The van der Waals surface area contributed by atoms with Crippen molar-refractivity contribution in [3.8, 4) is 5.75 Å². The van der Waals surface area contributed by atoms with E-state index in [1.165, 1.54) is 25.0 Å². The lowest BCUT2D eigenvalue weighted by molar-refractivity contribution is -0.384. The molecule has 2 aromatic carbocycles. The number of nitrogens with zero attached hydrogens (tertiary/aromatic N) is 3. The average Bonchev–Trinajstić information content (AvgIpc) is 2.79. The number of non-ortho nitro benzene ring substituents is 1. The highest BCUT2D eigenvalue weighted by atomic mass is 35.5. The number of hydrogen-bond donors (Lipinski definition) is 1. The van der Waals surface area contributed by atoms with Gasteiger partial charge in [-0.2, -0.15) is 0 Å². The zero-order valence-corrected chi connectivity index (χ0v) is 22.2. The first-order chi connectivity index (χ1) is 16.8. The van der Waals surface area contributed by atoms with Crippen molar-refractivity contribution in [3.05, 3.63) is 63.2 Å². The fraction of sp³-hybridized carbons (Fsp3) is 0.391. The average molecular weight is 541 g/mol. The van der Waals surface area contributed by atoms with E-state index in [1.54, 1.807) is 38.1 Å². The molecule has 2 rings (SSSR count). The number of sulfonamides is 1. The molecule has 2 amide bonds. The van der Waals surface area contributed by atoms with Crippen LogP contribution < -0.4 is 14.4 Å². The van der Waals surface area contributed by atoms with Crippen molar-refractivity contribution < 1.29 is 27.7 Å². The molecule has 13 heteroatoms. The highest BCUT2D eigenvalue weighted by Crippen LogP contribution is 2.34. The summed E-state index contributed by atoms with van der Waals surface area (Å²) in [4.78, 5) is 38.2. The van der Waals surface area contributed by atoms with E-state index >= 15 is 0 Å². The number of anilines is 1. The first-order valence-electron chi connectivity index (χ1n) is 10.9. The monoisotopic (exact) mass is 540 g/mol. The highest BCUT2D eigenvalue weighted by molar-refractivity contribution is 7.92. The van der Waals surface area contributed by atoms with Gasteiger partial charge in [0.1, 0.15) is 24.0 Å². The minimum Gasteiger partial charge on any atom is -0.495 e. The molecule has 1 atom stereocenters. The Hall–Kier alpha value is -3.38. The number of hydrogen-bond acceptors (Lipinski definition) is 7. The van der Waals surface area contributed by atoms with Gasteiger partial charge in [-0.25, -0.2) is 8.42 Å². The topological polar surface area (TPSA) is 139 Å². The second-order valence-electron chi connectivity index (χ2n) is 8.34. The third-order valence-electron chi connectivity index (χ3n) is 5.22. The number of halogens is 1. The first kappa shape index (κ1) is 28.9. The fourth-order valence-corrected chi connectivity index (χ4v) is 4.42. The van der Waals surface area contributed by atoms with Crippen LogP contribution in [0, 0.1) is 10.1 Å². The number of carbonyl (C=O) groups is 2. The van der Waals surface area contributed by atoms with E-state index in [0.717, 1.165) is 18.4 Å². The van der Waals surface area contributed by atoms with Crippen LogP contribution in [0.25, 0.3) is 0 Å². The number of rotatable bonds is 11. The van der Waals surface area contributed by atoms with Gasteiger partial charge in [-0.05, 0) is 38.5 Å². The van der Waals surface area contributed by atoms with E-state index in [0.29, 0.717) is 14.9 Å². The molecule has 0 saturated heterocycles. The molecule has 0 aliphatic carbocycles. The number of nitrogens with one attached hydrogen (secondary N) is 1. The molecule has 1 N–H and O–H groups in total. The number of methoxy groups -OCH3 is 1. The smallest absolute Gasteiger partial charge is 0.271 e. The van der Waals surface area contributed by atoms with E-state index < -0.39 is 39.3 Å². The summed E-state index contributed by atoms with van der Waals surface area (Å²) in [6.45, 7) is 4.25. The molecular weight excluding hydrogens is 512 g/mol. The summed E-state index contributed by atoms with van der Waals surface area (Å²) in [5.74, 6) is -1.15. The summed E-state index contributed by atoms with van der Waals surface area (Å²) >= 11 is 6.28. The van der Waals surface area contributed by atoms with E-state index in [4.69, 9.17) is 16.3 Å². The van der Waals surface area contributed by atoms with Gasteiger partial charge in [0, 0.05) is 29.7 Å². The predicted octanol–water partition coefficient (Wildman–Crippen LogP) is 2.96. The zero-order valence-electron chi connectivity index (χ0n) is 20.6. The summed E-state index contributed by atoms with van der Waals surface area (Å²) in [5, 5.41) is 14.4. The number of ether oxygens (including phenoxy) is 1. The molecule has 11 nitrogen and oxygen atoms in total. The lowest BCUT2D eigenvalue weighted by Crippen LogP contribution is -2.52. The van der Waals surface area contributed by atoms with Crippen LogP contribution in [0.5, 0.6) is 5.75 Å². The maximum absolute atomic E-state index is 13.6. The Morgan fingerprint density at radius 3 is 2.33 bits per heavy atom. The summed E-state index contributed by atoms with van der Waals surface area (Å²) < 4.78 is 31.4. The van der Waals surface area contributed by atoms with Gasteiger partial charge in [0.25, 0.3) is 5.69 Å². The van der Waals surface area contributed by atoms with Crippen molar-refractivity contribution in [2.24, 2.45) is 0 Å². The van der Waals surface area contributed by atoms with Gasteiger partial charge < -0.3 is 15.0 Å². The van der Waals surface area contributed by atoms with Gasteiger partial charge in [0.05, 0.1) is 18.3 Å². The van der Waals surface area contributed by atoms with Crippen LogP contribution in [0.3, 0.4) is 0 Å². The molecule has 0 spiro atoms. The number of nitro benzene ring substituents is 1. The van der Waals surface area contributed by atoms with Gasteiger partial charge >= 0.3 is 0 Å². The fourth-order valence-electron chi connectivity index (χ4n) is 3.38. The third-order valence-corrected chi connectivity index (χ3v) is 6.71. The van der Waals surface area contributed by atoms with E-state index in [1.807, 2.05) is 0 Å². The molecule has 0 aromatic heterocycles. The predicted molar refractivity (Wildman–Crippen MR) is 137 cm³/mol. The number of benzene rings is 2. The van der Waals surface area contributed by atoms with Gasteiger partial charge in [-0.15, -0.1) is 0 Å². The van der Waals surface area contributed by atoms with Crippen molar-refractivity contribution in [2.45, 2.75) is 39.4 Å². The van der Waals surface area contributed by atoms with Crippen LogP contribution in [-0.4, -0.2) is 62.0 Å². The van der Waals surface area contributed by atoms with Gasteiger partial charge in [-0.3, -0.25) is 24.0 Å². The Morgan fingerprint density at radius 2 is 1.81 bits per heavy atom. The maximum Gasteiger partial charge on any atom is 0.271 e. The minimum absolute atomic E-state index is 0.0158. The second-order valence-corrected chi connectivity index (χ2v) is 10.6. The van der Waals surface area contributed by atoms with Crippen LogP contribution in [0.15, 0.2) is 42.5 Å². The second kappa shape index (κ2) is 12.0. The SMILES string of the molecule is COc1ccc([N+](=O)[O-])cc1N(CC(=O)N(Cc1ccccc1Cl)[C@@H](C)C(=O)NC(C)C)S(C)(=O)=O. The lowest BCUT2D eigenvalue weighted by atomic mass is 10.1. The Labute approximate surface area is 215 Å². The maximum atomic E-state index is 13.6. The van der Waals surface area contributed by atoms with E-state index in [2.05, 4.69) is 5.32 Å². The van der Waals surface area contributed by atoms with Crippen molar-refractivity contribution >= 4 is 44.8 Å². The quantitative estimate of drug-likeness (QED) is 0.341. The number of amides is 2. The zero-order chi connectivity index (χ0) is 27.2. The first-order valence-corrected chi connectivity index (χ1v) is 13.1. The Balaban J connectivity index is 2.53. The standard InChI is InChI=1S/C23H29ClN4O7S/c1-15(2)25-23(30)16(3)26(13-17-8-6-7-9-19(17)24)22(29)14-27(36(5,33)34)20-12-18(28(31)32)10-11-21(20)35-4/h6-12,15-16H,13-14H2,1-5H3,(H,25,30)/t16-/m0/s1. The van der Waals surface area contributed by atoms with Crippen molar-refractivity contribution in [2.75, 3.05) is 24.2 Å². The Morgan fingerprint density at radius 1 is 1.17 bits per heavy atom. The number of carbonyl (C=O) groups excluding carboxylic acids is 2. The van der Waals surface area contributed by atoms with Crippen molar-refractivity contribution in [3.63, 3.8) is 0 Å². The molecular formula is C23H29ClN4O7S. The summed E-state index contributed by atoms with van der Waals surface area (Å²) in [6.07, 6.45) is 0.867. The van der Waals surface area contributed by atoms with Crippen LogP contribution in [0.4, 0.5) is 11.4 Å². The van der Waals surface area contributed by atoms with Gasteiger partial charge in [-0.1, -0.05) is 29.8 Å². The summed E-state index contributed by atoms with van der Waals surface area (Å²) in [6, 6.07) is 9.00. The normalized spacial score (nSPS) is 12.1. The molecule has 0 unspecified atom stereocenters. The molecule has 36 heavy (non-hydrogen) atoms. The van der Waals surface area contributed by atoms with Crippen LogP contribution >= 0.6 is 11.6 Å². The van der Waals surface area contributed by atoms with Gasteiger partial charge in [0.2, 0.25) is 21.8 Å². The molecule has 0 aliphatic heterocycles. The molecule has 2 aromatic rings. The molecule has 196 valence electrons. The van der Waals surface area contributed by atoms with Crippen LogP contribution in [0.2, 0.25) is 5.02 Å². The van der Waals surface area contributed by atoms with Crippen LogP contribution in [-0.2, 0) is 26.2 Å². The Bertz CT molecular complexity index is 1240. The largest absolute Gasteiger partial charge is 0.495 e. The number of nitro groups is 1. The third kappa shape index (κ3) is 7.31. The summed E-state index contributed by atoms with van der Waals surface area (Å²) in [7, 11) is -2.84. The minimum atomic E-state index is -4.11. The molecule has 0 heterocycles. The molecule has 0 fully saturated rings. The molecule has 0 bridgehead atoms. The van der Waals surface area contributed by atoms with Gasteiger partial charge in [0.15, 0.2) is 0 Å². The highest BCUT2D eigenvalue weighted by Gasteiger charge is 2.32. The molecule has 0 aliphatic rings. The molecule has 0 saturated carbocycles. The Kier molecular flexibility index (Phi) is 9.65. The van der Waals surface area contributed by atoms with Crippen molar-refractivity contribution in [1.29, 1.82) is 0 Å². The summed E-state index contributed by atoms with van der Waals surface area (Å²) in [5.41, 5.74) is -0.0143. The lowest BCUT2D eigenvalue weighted by Gasteiger charge is -2.32.